The van der Waals surface area contributed by atoms with E-state index in [9.17, 15) is 14.4 Å². The van der Waals surface area contributed by atoms with E-state index < -0.39 is 17.2 Å². The monoisotopic (exact) mass is 354 g/mol. The van der Waals surface area contributed by atoms with Gasteiger partial charge in [0.1, 0.15) is 11.4 Å². The minimum absolute atomic E-state index is 0.121. The van der Waals surface area contributed by atoms with Gasteiger partial charge in [0.2, 0.25) is 0 Å². The van der Waals surface area contributed by atoms with Crippen molar-refractivity contribution < 1.29 is 4.79 Å². The Balaban J connectivity index is 2.12. The number of rotatable bonds is 4. The van der Waals surface area contributed by atoms with Crippen molar-refractivity contribution in [3.63, 3.8) is 0 Å². The summed E-state index contributed by atoms with van der Waals surface area (Å²) in [7, 11) is 1.57. The summed E-state index contributed by atoms with van der Waals surface area (Å²) in [5.41, 5.74) is -0.0343. The molecule has 1 aromatic carbocycles. The lowest BCUT2D eigenvalue weighted by Gasteiger charge is -2.08. The van der Waals surface area contributed by atoms with E-state index in [4.69, 9.17) is 5.26 Å². The fraction of sp³-hybridized carbons (Fsp3) is 0.176. The lowest BCUT2D eigenvalue weighted by Crippen LogP contribution is -2.38. The summed E-state index contributed by atoms with van der Waals surface area (Å²) in [4.78, 5) is 38.0. The molecule has 0 saturated heterocycles. The quantitative estimate of drug-likeness (QED) is 0.709. The van der Waals surface area contributed by atoms with Crippen LogP contribution in [0.3, 0.4) is 0 Å². The summed E-state index contributed by atoms with van der Waals surface area (Å²) in [6.07, 6.45) is 0. The Morgan fingerprint density at radius 3 is 2.68 bits per heavy atom. The van der Waals surface area contributed by atoms with Crippen LogP contribution in [-0.2, 0) is 13.6 Å². The van der Waals surface area contributed by atoms with Crippen LogP contribution in [0.25, 0.3) is 10.2 Å². The second kappa shape index (κ2) is 6.75. The standard InChI is InChI=1S/C17H14N4O3S/c1-20-16-12(9-13(25-16)14(22)19-8-7-18)15(23)21(17(20)24)10-11-5-3-2-4-6-11/h2-6,9H,8,10H2,1H3,(H,19,22). The first-order chi connectivity index (χ1) is 12.0. The third kappa shape index (κ3) is 3.09. The van der Waals surface area contributed by atoms with Gasteiger partial charge in [0.05, 0.1) is 22.9 Å². The first kappa shape index (κ1) is 16.7. The van der Waals surface area contributed by atoms with Gasteiger partial charge in [-0.25, -0.2) is 4.79 Å². The molecule has 0 radical (unpaired) electrons. The molecule has 0 fully saturated rings. The van der Waals surface area contributed by atoms with E-state index >= 15 is 0 Å². The minimum Gasteiger partial charge on any atom is -0.338 e. The Bertz CT molecular complexity index is 1100. The second-order valence-corrected chi connectivity index (χ2v) is 6.42. The molecule has 0 unspecified atom stereocenters. The van der Waals surface area contributed by atoms with Crippen LogP contribution in [0.1, 0.15) is 15.2 Å². The maximum atomic E-state index is 12.7. The smallest absolute Gasteiger partial charge is 0.332 e. The Morgan fingerprint density at radius 2 is 2.00 bits per heavy atom. The molecule has 0 aliphatic heterocycles. The van der Waals surface area contributed by atoms with Crippen molar-refractivity contribution in [2.45, 2.75) is 6.54 Å². The molecule has 25 heavy (non-hydrogen) atoms. The van der Waals surface area contributed by atoms with E-state index in [0.29, 0.717) is 10.2 Å². The van der Waals surface area contributed by atoms with Crippen molar-refractivity contribution >= 4 is 27.5 Å². The average Bonchev–Trinajstić information content (AvgIpc) is 3.08. The number of aromatic nitrogens is 2. The van der Waals surface area contributed by atoms with Crippen LogP contribution >= 0.6 is 11.3 Å². The highest BCUT2D eigenvalue weighted by Gasteiger charge is 2.17. The highest BCUT2D eigenvalue weighted by molar-refractivity contribution is 7.20. The number of fused-ring (bicyclic) bond motifs is 1. The molecule has 0 saturated carbocycles. The molecule has 3 aromatic rings. The van der Waals surface area contributed by atoms with Gasteiger partial charge < -0.3 is 5.32 Å². The molecule has 1 amide bonds. The van der Waals surface area contributed by atoms with Crippen molar-refractivity contribution in [2.24, 2.45) is 7.05 Å². The number of amides is 1. The van der Waals surface area contributed by atoms with Gasteiger partial charge in [0.15, 0.2) is 0 Å². The summed E-state index contributed by atoms with van der Waals surface area (Å²) >= 11 is 1.05. The fourth-order valence-corrected chi connectivity index (χ4v) is 3.53. The number of hydrogen-bond donors (Lipinski definition) is 1. The molecule has 0 aliphatic rings. The average molecular weight is 354 g/mol. The molecule has 2 heterocycles. The Labute approximate surface area is 146 Å². The van der Waals surface area contributed by atoms with Crippen LogP contribution in [0.2, 0.25) is 0 Å². The third-order valence-corrected chi connectivity index (χ3v) is 4.96. The van der Waals surface area contributed by atoms with Crippen molar-refractivity contribution in [3.8, 4) is 6.07 Å². The van der Waals surface area contributed by atoms with Crippen LogP contribution in [0, 0.1) is 11.3 Å². The molecular weight excluding hydrogens is 340 g/mol. The van der Waals surface area contributed by atoms with Gasteiger partial charge in [0, 0.05) is 7.05 Å². The molecule has 0 aliphatic carbocycles. The summed E-state index contributed by atoms with van der Waals surface area (Å²) in [5, 5.41) is 11.3. The molecule has 0 atom stereocenters. The molecule has 3 rings (SSSR count). The number of hydrogen-bond acceptors (Lipinski definition) is 5. The van der Waals surface area contributed by atoms with Crippen LogP contribution in [0.5, 0.6) is 0 Å². The van der Waals surface area contributed by atoms with E-state index in [-0.39, 0.29) is 18.0 Å². The van der Waals surface area contributed by atoms with E-state index in [1.54, 1.807) is 7.05 Å². The van der Waals surface area contributed by atoms with Crippen molar-refractivity contribution in [2.75, 3.05) is 6.54 Å². The number of nitrogens with one attached hydrogen (secondary N) is 1. The zero-order valence-electron chi connectivity index (χ0n) is 13.4. The second-order valence-electron chi connectivity index (χ2n) is 5.39. The molecule has 0 spiro atoms. The lowest BCUT2D eigenvalue weighted by molar-refractivity contribution is 0.0962. The fourth-order valence-electron chi connectivity index (χ4n) is 2.51. The van der Waals surface area contributed by atoms with Gasteiger partial charge in [-0.3, -0.25) is 18.7 Å². The highest BCUT2D eigenvalue weighted by Crippen LogP contribution is 2.21. The molecule has 0 bridgehead atoms. The molecule has 7 nitrogen and oxygen atoms in total. The Kier molecular flexibility index (Phi) is 4.50. The number of benzene rings is 1. The molecule has 8 heteroatoms. The summed E-state index contributed by atoms with van der Waals surface area (Å²) < 4.78 is 2.52. The topological polar surface area (TPSA) is 96.9 Å². The Morgan fingerprint density at radius 1 is 1.28 bits per heavy atom. The van der Waals surface area contributed by atoms with Crippen LogP contribution < -0.4 is 16.6 Å². The third-order valence-electron chi connectivity index (χ3n) is 3.75. The van der Waals surface area contributed by atoms with E-state index in [1.165, 1.54) is 10.6 Å². The van der Waals surface area contributed by atoms with Gasteiger partial charge in [0.25, 0.3) is 11.5 Å². The molecular formula is C17H14N4O3S. The van der Waals surface area contributed by atoms with E-state index in [1.807, 2.05) is 36.4 Å². The number of carbonyl (C=O) groups excluding carboxylic acids is 1. The predicted molar refractivity (Wildman–Crippen MR) is 94.8 cm³/mol. The van der Waals surface area contributed by atoms with Crippen LogP contribution in [0.4, 0.5) is 0 Å². The largest absolute Gasteiger partial charge is 0.338 e. The maximum absolute atomic E-state index is 12.7. The lowest BCUT2D eigenvalue weighted by atomic mass is 10.2. The van der Waals surface area contributed by atoms with Gasteiger partial charge in [-0.05, 0) is 11.6 Å². The first-order valence-corrected chi connectivity index (χ1v) is 8.27. The minimum atomic E-state index is -0.441. The van der Waals surface area contributed by atoms with Crippen molar-refractivity contribution in [1.29, 1.82) is 5.26 Å². The van der Waals surface area contributed by atoms with Gasteiger partial charge in [-0.2, -0.15) is 5.26 Å². The Hall–Kier alpha value is -3.18. The normalized spacial score (nSPS) is 10.6. The van der Waals surface area contributed by atoms with E-state index in [0.717, 1.165) is 21.5 Å². The zero-order valence-corrected chi connectivity index (χ0v) is 14.2. The van der Waals surface area contributed by atoms with Gasteiger partial charge in [-0.15, -0.1) is 11.3 Å². The number of aryl methyl sites for hydroxylation is 1. The van der Waals surface area contributed by atoms with Crippen molar-refractivity contribution in [1.82, 2.24) is 14.5 Å². The number of carbonyl (C=O) groups is 1. The number of thiophene rings is 1. The van der Waals surface area contributed by atoms with Gasteiger partial charge in [-0.1, -0.05) is 30.3 Å². The number of nitriles is 1. The molecule has 2 aromatic heterocycles. The summed E-state index contributed by atoms with van der Waals surface area (Å²) in [6, 6.07) is 12.5. The predicted octanol–water partition coefficient (Wildman–Crippen LogP) is 1.06. The summed E-state index contributed by atoms with van der Waals surface area (Å²) in [5.74, 6) is -0.441. The van der Waals surface area contributed by atoms with Crippen LogP contribution in [-0.4, -0.2) is 21.6 Å². The first-order valence-electron chi connectivity index (χ1n) is 7.45. The van der Waals surface area contributed by atoms with Gasteiger partial charge >= 0.3 is 5.69 Å². The van der Waals surface area contributed by atoms with Crippen molar-refractivity contribution in [3.05, 3.63) is 67.7 Å². The number of nitrogens with zero attached hydrogens (tertiary/aromatic N) is 3. The summed E-state index contributed by atoms with van der Waals surface area (Å²) in [6.45, 7) is 0.0400. The van der Waals surface area contributed by atoms with Crippen LogP contribution in [0.15, 0.2) is 46.0 Å². The maximum Gasteiger partial charge on any atom is 0.332 e. The van der Waals surface area contributed by atoms with E-state index in [2.05, 4.69) is 5.32 Å². The zero-order chi connectivity index (χ0) is 18.0. The SMILES string of the molecule is Cn1c(=O)n(Cc2ccccc2)c(=O)c2cc(C(=O)NCC#N)sc21. The molecule has 1 N–H and O–H groups in total. The highest BCUT2D eigenvalue weighted by atomic mass is 32.1. The molecule has 126 valence electrons.